The molecule has 16 heavy (non-hydrogen) atoms. The Labute approximate surface area is 92.3 Å². The third-order valence-corrected chi connectivity index (χ3v) is 2.88. The lowest BCUT2D eigenvalue weighted by Crippen LogP contribution is -1.89. The number of fused-ring (bicyclic) bond motifs is 1. The molecule has 0 bridgehead atoms. The molecule has 0 aliphatic heterocycles. The normalized spacial score (nSPS) is 15.0. The summed E-state index contributed by atoms with van der Waals surface area (Å²) >= 11 is 0. The van der Waals surface area contributed by atoms with E-state index in [9.17, 15) is 0 Å². The molecule has 5 heteroatoms. The fourth-order valence-corrected chi connectivity index (χ4v) is 1.92. The maximum Gasteiger partial charge on any atom is 0.0703 e. The highest BCUT2D eigenvalue weighted by molar-refractivity contribution is 5.50. The lowest BCUT2D eigenvalue weighted by Gasteiger charge is -1.97. The number of hydrogen-bond donors (Lipinski definition) is 0. The molecule has 2 heterocycles. The summed E-state index contributed by atoms with van der Waals surface area (Å²) in [5.41, 5.74) is 11.5. The molecular formula is C11H11N5. The standard InChI is InChI=1S/C11H11N5/c12-15-13-7-10-6-11-5-9(8-1-2-8)3-4-16(11)14-10/h3-6,8H,1-2,7H2. The first kappa shape index (κ1) is 9.24. The maximum atomic E-state index is 8.25. The van der Waals surface area contributed by atoms with Gasteiger partial charge in [-0.1, -0.05) is 5.11 Å². The number of hydrogen-bond acceptors (Lipinski definition) is 2. The van der Waals surface area contributed by atoms with Gasteiger partial charge < -0.3 is 0 Å². The van der Waals surface area contributed by atoms with E-state index in [1.807, 2.05) is 16.8 Å². The smallest absolute Gasteiger partial charge is 0.0703 e. The molecule has 80 valence electrons. The molecule has 3 rings (SSSR count). The van der Waals surface area contributed by atoms with Gasteiger partial charge in [0.2, 0.25) is 0 Å². The second kappa shape index (κ2) is 3.54. The molecule has 0 unspecified atom stereocenters. The Bertz CT molecular complexity index is 575. The monoisotopic (exact) mass is 213 g/mol. The molecule has 1 aliphatic rings. The fourth-order valence-electron chi connectivity index (χ4n) is 1.92. The highest BCUT2D eigenvalue weighted by Gasteiger charge is 2.23. The number of rotatable bonds is 3. The summed E-state index contributed by atoms with van der Waals surface area (Å²) in [6.07, 6.45) is 4.58. The van der Waals surface area contributed by atoms with Crippen molar-refractivity contribution in [2.45, 2.75) is 25.3 Å². The fraction of sp³-hybridized carbons (Fsp3) is 0.364. The maximum absolute atomic E-state index is 8.25. The van der Waals surface area contributed by atoms with Crippen molar-refractivity contribution in [1.29, 1.82) is 0 Å². The molecule has 0 amide bonds. The summed E-state index contributed by atoms with van der Waals surface area (Å²) in [7, 11) is 0. The number of aromatic nitrogens is 2. The molecule has 1 fully saturated rings. The average Bonchev–Trinajstić information content (AvgIpc) is 3.06. The summed E-state index contributed by atoms with van der Waals surface area (Å²) < 4.78 is 1.83. The molecule has 0 saturated heterocycles. The Balaban J connectivity index is 1.99. The van der Waals surface area contributed by atoms with Crippen LogP contribution in [0, 0.1) is 0 Å². The van der Waals surface area contributed by atoms with E-state index in [1.54, 1.807) is 0 Å². The Kier molecular flexibility index (Phi) is 2.04. The van der Waals surface area contributed by atoms with Crippen molar-refractivity contribution in [3.63, 3.8) is 0 Å². The first-order valence-electron chi connectivity index (χ1n) is 5.36. The molecule has 0 radical (unpaired) electrons. The van der Waals surface area contributed by atoms with Crippen molar-refractivity contribution < 1.29 is 0 Å². The molecule has 5 nitrogen and oxygen atoms in total. The molecule has 0 N–H and O–H groups in total. The van der Waals surface area contributed by atoms with E-state index in [4.69, 9.17) is 5.53 Å². The van der Waals surface area contributed by atoms with Crippen LogP contribution in [-0.4, -0.2) is 9.61 Å². The van der Waals surface area contributed by atoms with Crippen molar-refractivity contribution >= 4 is 5.52 Å². The SMILES string of the molecule is [N-]=[N+]=NCc1cc2cc(C3CC3)ccn2n1. The van der Waals surface area contributed by atoms with Crippen LogP contribution in [0.2, 0.25) is 0 Å². The largest absolute Gasteiger partial charge is 0.241 e. The highest BCUT2D eigenvalue weighted by atomic mass is 15.2. The second-order valence-corrected chi connectivity index (χ2v) is 4.13. The van der Waals surface area contributed by atoms with Crippen molar-refractivity contribution in [2.24, 2.45) is 5.11 Å². The number of pyridine rings is 1. The van der Waals surface area contributed by atoms with Crippen LogP contribution in [0.5, 0.6) is 0 Å². The van der Waals surface area contributed by atoms with Crippen LogP contribution in [0.15, 0.2) is 29.5 Å². The van der Waals surface area contributed by atoms with E-state index in [-0.39, 0.29) is 0 Å². The Morgan fingerprint density at radius 1 is 1.50 bits per heavy atom. The second-order valence-electron chi connectivity index (χ2n) is 4.13. The molecule has 1 saturated carbocycles. The molecule has 0 aromatic carbocycles. The molecule has 2 aromatic rings. The Morgan fingerprint density at radius 2 is 2.38 bits per heavy atom. The summed E-state index contributed by atoms with van der Waals surface area (Å²) in [5.74, 6) is 0.750. The van der Waals surface area contributed by atoms with Crippen LogP contribution in [0.25, 0.3) is 16.0 Å². The van der Waals surface area contributed by atoms with E-state index < -0.39 is 0 Å². The zero-order chi connectivity index (χ0) is 11.0. The molecule has 0 atom stereocenters. The van der Waals surface area contributed by atoms with Gasteiger partial charge in [0.15, 0.2) is 0 Å². The van der Waals surface area contributed by atoms with Gasteiger partial charge in [-0.15, -0.1) is 0 Å². The molecular weight excluding hydrogens is 202 g/mol. The molecule has 1 aliphatic carbocycles. The van der Waals surface area contributed by atoms with Gasteiger partial charge >= 0.3 is 0 Å². The van der Waals surface area contributed by atoms with Gasteiger partial charge in [0.1, 0.15) is 0 Å². The van der Waals surface area contributed by atoms with Gasteiger partial charge in [0, 0.05) is 11.1 Å². The first-order chi connectivity index (χ1) is 7.86. The van der Waals surface area contributed by atoms with Crippen LogP contribution in [0.3, 0.4) is 0 Å². The van der Waals surface area contributed by atoms with E-state index >= 15 is 0 Å². The summed E-state index contributed by atoms with van der Waals surface area (Å²) in [4.78, 5) is 2.73. The van der Waals surface area contributed by atoms with Gasteiger partial charge in [-0.05, 0) is 48.1 Å². The van der Waals surface area contributed by atoms with Crippen molar-refractivity contribution in [2.75, 3.05) is 0 Å². The lowest BCUT2D eigenvalue weighted by molar-refractivity contribution is 0.876. The van der Waals surface area contributed by atoms with Gasteiger partial charge in [-0.2, -0.15) is 5.10 Å². The Morgan fingerprint density at radius 3 is 3.12 bits per heavy atom. The molecule has 2 aromatic heterocycles. The summed E-state index contributed by atoms with van der Waals surface area (Å²) in [6, 6.07) is 6.26. The zero-order valence-electron chi connectivity index (χ0n) is 8.74. The van der Waals surface area contributed by atoms with Crippen LogP contribution in [0.1, 0.15) is 30.0 Å². The first-order valence-corrected chi connectivity index (χ1v) is 5.36. The predicted octanol–water partition coefficient (Wildman–Crippen LogP) is 3.02. The van der Waals surface area contributed by atoms with Crippen molar-refractivity contribution in [3.8, 4) is 0 Å². The third kappa shape index (κ3) is 1.61. The predicted molar refractivity (Wildman–Crippen MR) is 60.0 cm³/mol. The Hall–Kier alpha value is -2.00. The third-order valence-electron chi connectivity index (χ3n) is 2.88. The lowest BCUT2D eigenvalue weighted by atomic mass is 10.1. The van der Waals surface area contributed by atoms with Gasteiger partial charge in [0.25, 0.3) is 0 Å². The summed E-state index contributed by atoms with van der Waals surface area (Å²) in [6.45, 7) is 0.316. The minimum Gasteiger partial charge on any atom is -0.241 e. The van der Waals surface area contributed by atoms with Crippen LogP contribution >= 0.6 is 0 Å². The quantitative estimate of drug-likeness (QED) is 0.439. The minimum atomic E-state index is 0.316. The average molecular weight is 213 g/mol. The topological polar surface area (TPSA) is 66.1 Å². The van der Waals surface area contributed by atoms with Crippen LogP contribution in [-0.2, 0) is 6.54 Å². The highest BCUT2D eigenvalue weighted by Crippen LogP contribution is 2.40. The minimum absolute atomic E-state index is 0.316. The zero-order valence-corrected chi connectivity index (χ0v) is 8.74. The van der Waals surface area contributed by atoms with E-state index in [2.05, 4.69) is 27.3 Å². The van der Waals surface area contributed by atoms with Crippen molar-refractivity contribution in [3.05, 3.63) is 46.1 Å². The van der Waals surface area contributed by atoms with Crippen LogP contribution in [0.4, 0.5) is 0 Å². The van der Waals surface area contributed by atoms with Crippen LogP contribution < -0.4 is 0 Å². The van der Waals surface area contributed by atoms with Gasteiger partial charge in [0.05, 0.1) is 17.8 Å². The number of azide groups is 1. The van der Waals surface area contributed by atoms with Crippen molar-refractivity contribution in [1.82, 2.24) is 9.61 Å². The van der Waals surface area contributed by atoms with E-state index in [1.165, 1.54) is 18.4 Å². The van der Waals surface area contributed by atoms with E-state index in [0.717, 1.165) is 17.1 Å². The summed E-state index contributed by atoms with van der Waals surface area (Å²) in [5, 5.41) is 7.83. The van der Waals surface area contributed by atoms with Gasteiger partial charge in [-0.25, -0.2) is 4.52 Å². The number of nitrogens with zero attached hydrogens (tertiary/aromatic N) is 5. The van der Waals surface area contributed by atoms with E-state index in [0.29, 0.717) is 6.54 Å². The van der Waals surface area contributed by atoms with Gasteiger partial charge in [-0.3, -0.25) is 0 Å². The molecule has 0 spiro atoms.